The maximum atomic E-state index is 8.60. The third-order valence-corrected chi connectivity index (χ3v) is 1.51. The summed E-state index contributed by atoms with van der Waals surface area (Å²) >= 11 is 0. The van der Waals surface area contributed by atoms with Crippen LogP contribution in [0.3, 0.4) is 0 Å². The molecular formula is C10H10N2. The summed E-state index contributed by atoms with van der Waals surface area (Å²) in [5.41, 5.74) is 1.78. The van der Waals surface area contributed by atoms with E-state index >= 15 is 0 Å². The van der Waals surface area contributed by atoms with Crippen LogP contribution in [0.25, 0.3) is 0 Å². The molecule has 1 N–H and O–H groups in total. The van der Waals surface area contributed by atoms with E-state index in [1.54, 1.807) is 12.3 Å². The minimum absolute atomic E-state index is 0.693. The fraction of sp³-hybridized carbons (Fsp3) is 0.100. The van der Waals surface area contributed by atoms with E-state index in [4.69, 9.17) is 5.26 Å². The van der Waals surface area contributed by atoms with Gasteiger partial charge in [-0.15, -0.1) is 0 Å². The first-order chi connectivity index (χ1) is 5.86. The molecule has 0 aliphatic heterocycles. The molecule has 0 bridgehead atoms. The summed E-state index contributed by atoms with van der Waals surface area (Å²) in [5, 5.41) is 11.6. The fourth-order valence-electron chi connectivity index (χ4n) is 0.941. The van der Waals surface area contributed by atoms with Crippen molar-refractivity contribution in [1.29, 1.82) is 5.26 Å². The Hall–Kier alpha value is -1.75. The van der Waals surface area contributed by atoms with Crippen molar-refractivity contribution in [3.8, 4) is 6.07 Å². The van der Waals surface area contributed by atoms with E-state index in [-0.39, 0.29) is 0 Å². The summed E-state index contributed by atoms with van der Waals surface area (Å²) in [5.74, 6) is 0. The van der Waals surface area contributed by atoms with Crippen LogP contribution >= 0.6 is 0 Å². The number of nitriles is 1. The van der Waals surface area contributed by atoms with Crippen molar-refractivity contribution in [1.82, 2.24) is 5.32 Å². The van der Waals surface area contributed by atoms with Gasteiger partial charge in [0.25, 0.3) is 0 Å². The minimum atomic E-state index is 0.693. The Labute approximate surface area is 72.1 Å². The molecule has 0 aliphatic rings. The molecule has 2 heteroatoms. The Kier molecular flexibility index (Phi) is 2.92. The van der Waals surface area contributed by atoms with Gasteiger partial charge in [0.1, 0.15) is 0 Å². The van der Waals surface area contributed by atoms with Crippen molar-refractivity contribution in [2.75, 3.05) is 0 Å². The van der Waals surface area contributed by atoms with Crippen LogP contribution in [0.1, 0.15) is 11.1 Å². The van der Waals surface area contributed by atoms with Crippen molar-refractivity contribution in [3.63, 3.8) is 0 Å². The molecule has 0 unspecified atom stereocenters. The SMILES string of the molecule is C=CNCc1cccc(C#N)c1. The normalized spacial score (nSPS) is 8.58. The van der Waals surface area contributed by atoms with Crippen LogP contribution < -0.4 is 5.32 Å². The average Bonchev–Trinajstić information content (AvgIpc) is 2.15. The molecule has 0 aromatic heterocycles. The molecular weight excluding hydrogens is 148 g/mol. The summed E-state index contributed by atoms with van der Waals surface area (Å²) < 4.78 is 0. The van der Waals surface area contributed by atoms with Gasteiger partial charge in [0, 0.05) is 6.54 Å². The largest absolute Gasteiger partial charge is 0.387 e. The maximum Gasteiger partial charge on any atom is 0.0991 e. The molecule has 2 nitrogen and oxygen atoms in total. The highest BCUT2D eigenvalue weighted by molar-refractivity contribution is 5.32. The molecule has 0 atom stereocenters. The average molecular weight is 158 g/mol. The summed E-state index contributed by atoms with van der Waals surface area (Å²) in [6.45, 7) is 4.26. The van der Waals surface area contributed by atoms with Gasteiger partial charge < -0.3 is 5.32 Å². The van der Waals surface area contributed by atoms with Crippen LogP contribution in [0.5, 0.6) is 0 Å². The molecule has 0 aliphatic carbocycles. The zero-order valence-corrected chi connectivity index (χ0v) is 6.75. The highest BCUT2D eigenvalue weighted by Crippen LogP contribution is 2.03. The van der Waals surface area contributed by atoms with Crippen molar-refractivity contribution in [2.45, 2.75) is 6.54 Å². The smallest absolute Gasteiger partial charge is 0.0991 e. The summed E-state index contributed by atoms with van der Waals surface area (Å²) in [4.78, 5) is 0. The molecule has 1 aromatic carbocycles. The highest BCUT2D eigenvalue weighted by Gasteiger charge is 1.92. The summed E-state index contributed by atoms with van der Waals surface area (Å²) in [7, 11) is 0. The number of nitrogens with zero attached hydrogens (tertiary/aromatic N) is 1. The van der Waals surface area contributed by atoms with Gasteiger partial charge >= 0.3 is 0 Å². The molecule has 0 saturated heterocycles. The van der Waals surface area contributed by atoms with Gasteiger partial charge in [0.05, 0.1) is 11.6 Å². The second-order valence-corrected chi connectivity index (χ2v) is 2.40. The number of hydrogen-bond acceptors (Lipinski definition) is 2. The number of nitrogens with one attached hydrogen (secondary N) is 1. The summed E-state index contributed by atoms with van der Waals surface area (Å²) in [6, 6.07) is 9.58. The lowest BCUT2D eigenvalue weighted by molar-refractivity contribution is 0.872. The quantitative estimate of drug-likeness (QED) is 0.728. The lowest BCUT2D eigenvalue weighted by atomic mass is 10.1. The zero-order chi connectivity index (χ0) is 8.81. The molecule has 0 heterocycles. The second kappa shape index (κ2) is 4.20. The van der Waals surface area contributed by atoms with E-state index in [1.165, 1.54) is 0 Å². The highest BCUT2D eigenvalue weighted by atomic mass is 14.8. The molecule has 12 heavy (non-hydrogen) atoms. The van der Waals surface area contributed by atoms with Crippen LogP contribution in [0.2, 0.25) is 0 Å². The predicted octanol–water partition coefficient (Wildman–Crippen LogP) is 1.79. The first kappa shape index (κ1) is 8.35. The molecule has 0 spiro atoms. The fourth-order valence-corrected chi connectivity index (χ4v) is 0.941. The van der Waals surface area contributed by atoms with Gasteiger partial charge in [-0.1, -0.05) is 18.7 Å². The third kappa shape index (κ3) is 2.14. The molecule has 1 rings (SSSR count). The topological polar surface area (TPSA) is 35.8 Å². The molecule has 0 radical (unpaired) electrons. The van der Waals surface area contributed by atoms with E-state index in [9.17, 15) is 0 Å². The Balaban J connectivity index is 2.74. The van der Waals surface area contributed by atoms with E-state index in [1.807, 2.05) is 18.2 Å². The van der Waals surface area contributed by atoms with E-state index in [2.05, 4.69) is 18.0 Å². The minimum Gasteiger partial charge on any atom is -0.387 e. The van der Waals surface area contributed by atoms with Crippen LogP contribution in [0.15, 0.2) is 37.0 Å². The lowest BCUT2D eigenvalue weighted by Crippen LogP contribution is -2.03. The number of hydrogen-bond donors (Lipinski definition) is 1. The van der Waals surface area contributed by atoms with Gasteiger partial charge in [-0.25, -0.2) is 0 Å². The molecule has 0 amide bonds. The second-order valence-electron chi connectivity index (χ2n) is 2.40. The Morgan fingerprint density at radius 3 is 3.08 bits per heavy atom. The van der Waals surface area contributed by atoms with Crippen molar-refractivity contribution < 1.29 is 0 Å². The zero-order valence-electron chi connectivity index (χ0n) is 6.75. The first-order valence-electron chi connectivity index (χ1n) is 3.70. The number of benzene rings is 1. The van der Waals surface area contributed by atoms with E-state index < -0.39 is 0 Å². The maximum absolute atomic E-state index is 8.60. The lowest BCUT2D eigenvalue weighted by Gasteiger charge is -2.00. The van der Waals surface area contributed by atoms with Gasteiger partial charge in [-0.3, -0.25) is 0 Å². The van der Waals surface area contributed by atoms with Gasteiger partial charge in [-0.05, 0) is 23.9 Å². The Morgan fingerprint density at radius 2 is 2.42 bits per heavy atom. The molecule has 1 aromatic rings. The van der Waals surface area contributed by atoms with Gasteiger partial charge in [0.15, 0.2) is 0 Å². The third-order valence-electron chi connectivity index (χ3n) is 1.51. The van der Waals surface area contributed by atoms with Crippen LogP contribution in [0, 0.1) is 11.3 Å². The van der Waals surface area contributed by atoms with Crippen molar-refractivity contribution in [2.24, 2.45) is 0 Å². The monoisotopic (exact) mass is 158 g/mol. The Bertz CT molecular complexity index is 310. The van der Waals surface area contributed by atoms with E-state index in [0.29, 0.717) is 5.56 Å². The molecule has 60 valence electrons. The standard InChI is InChI=1S/C10H10N2/c1-2-12-8-10-5-3-4-9(6-10)7-11/h2-6,12H,1,8H2. The van der Waals surface area contributed by atoms with Crippen LogP contribution in [0.4, 0.5) is 0 Å². The van der Waals surface area contributed by atoms with Gasteiger partial charge in [0.2, 0.25) is 0 Å². The van der Waals surface area contributed by atoms with Crippen molar-refractivity contribution >= 4 is 0 Å². The summed E-state index contributed by atoms with van der Waals surface area (Å²) in [6.07, 6.45) is 1.64. The number of rotatable bonds is 3. The van der Waals surface area contributed by atoms with Gasteiger partial charge in [-0.2, -0.15) is 5.26 Å². The van der Waals surface area contributed by atoms with Crippen LogP contribution in [-0.2, 0) is 6.54 Å². The first-order valence-corrected chi connectivity index (χ1v) is 3.70. The molecule has 0 fully saturated rings. The van der Waals surface area contributed by atoms with E-state index in [0.717, 1.165) is 12.1 Å². The van der Waals surface area contributed by atoms with Crippen LogP contribution in [-0.4, -0.2) is 0 Å². The Morgan fingerprint density at radius 1 is 1.58 bits per heavy atom. The predicted molar refractivity (Wildman–Crippen MR) is 48.2 cm³/mol. The molecule has 0 saturated carbocycles. The van der Waals surface area contributed by atoms with Crippen molar-refractivity contribution in [3.05, 3.63) is 48.2 Å².